The molecule has 4 aromatic rings. The van der Waals surface area contributed by atoms with Crippen LogP contribution >= 0.6 is 0 Å². The molecule has 37 heavy (non-hydrogen) atoms. The average Bonchev–Trinajstić information content (AvgIpc) is 3.53. The molecule has 0 spiro atoms. The number of carbonyl (C=O) groups is 3. The van der Waals surface area contributed by atoms with Crippen molar-refractivity contribution in [2.24, 2.45) is 5.92 Å². The van der Waals surface area contributed by atoms with Gasteiger partial charge in [0.15, 0.2) is 12.2 Å². The second kappa shape index (κ2) is 9.73. The molecule has 1 atom stereocenters. The van der Waals surface area contributed by atoms with Crippen LogP contribution in [-0.2, 0) is 11.3 Å². The van der Waals surface area contributed by atoms with Crippen molar-refractivity contribution in [1.82, 2.24) is 9.88 Å². The Morgan fingerprint density at radius 1 is 0.973 bits per heavy atom. The summed E-state index contributed by atoms with van der Waals surface area (Å²) in [5.74, 6) is -1.08. The standard InChI is InChI=1S/C29H25N3O5/c1-17(2)26(29(35)36)32-15-22-8-7-21(13-24(22)28(32)34)18-9-11-23(12-10-18)31-27(33)20-5-3-19(4-6-20)25-14-30-16-37-25/h3-14,16-17,26H,15H2,1-2H3,(H,31,33)(H,35,36). The molecule has 1 aromatic heterocycles. The Kier molecular flexibility index (Phi) is 6.31. The van der Waals surface area contributed by atoms with Gasteiger partial charge in [-0.1, -0.05) is 50.2 Å². The second-order valence-electron chi connectivity index (χ2n) is 9.31. The number of hydrogen-bond donors (Lipinski definition) is 2. The van der Waals surface area contributed by atoms with Crippen molar-refractivity contribution < 1.29 is 23.9 Å². The summed E-state index contributed by atoms with van der Waals surface area (Å²) in [6.07, 6.45) is 2.97. The van der Waals surface area contributed by atoms with Gasteiger partial charge in [-0.15, -0.1) is 0 Å². The van der Waals surface area contributed by atoms with Gasteiger partial charge in [0.2, 0.25) is 0 Å². The molecule has 0 saturated carbocycles. The van der Waals surface area contributed by atoms with E-state index >= 15 is 0 Å². The van der Waals surface area contributed by atoms with Crippen molar-refractivity contribution in [1.29, 1.82) is 0 Å². The van der Waals surface area contributed by atoms with E-state index in [1.165, 1.54) is 11.3 Å². The fraction of sp³-hybridized carbons (Fsp3) is 0.172. The summed E-state index contributed by atoms with van der Waals surface area (Å²) in [6.45, 7) is 3.89. The van der Waals surface area contributed by atoms with E-state index in [4.69, 9.17) is 4.42 Å². The van der Waals surface area contributed by atoms with Crippen LogP contribution in [0.1, 0.15) is 40.1 Å². The fourth-order valence-corrected chi connectivity index (χ4v) is 4.60. The molecule has 2 amide bonds. The van der Waals surface area contributed by atoms with Gasteiger partial charge in [-0.05, 0) is 52.9 Å². The third-order valence-corrected chi connectivity index (χ3v) is 6.50. The monoisotopic (exact) mass is 495 g/mol. The predicted octanol–water partition coefficient (Wildman–Crippen LogP) is 5.33. The van der Waals surface area contributed by atoms with Crippen LogP contribution in [0.4, 0.5) is 5.69 Å². The first-order chi connectivity index (χ1) is 17.8. The summed E-state index contributed by atoms with van der Waals surface area (Å²) in [5.41, 5.74) is 5.03. The maximum absolute atomic E-state index is 13.0. The number of nitrogens with zero attached hydrogens (tertiary/aromatic N) is 2. The Hall–Kier alpha value is -4.72. The Morgan fingerprint density at radius 2 is 1.65 bits per heavy atom. The van der Waals surface area contributed by atoms with E-state index in [9.17, 15) is 19.5 Å². The number of aliphatic carboxylic acids is 1. The normalized spacial score (nSPS) is 13.5. The van der Waals surface area contributed by atoms with Crippen molar-refractivity contribution in [2.45, 2.75) is 26.4 Å². The van der Waals surface area contributed by atoms with E-state index in [-0.39, 0.29) is 24.3 Å². The van der Waals surface area contributed by atoms with E-state index in [1.807, 2.05) is 24.3 Å². The minimum absolute atomic E-state index is 0.204. The first kappa shape index (κ1) is 24.0. The van der Waals surface area contributed by atoms with E-state index in [0.29, 0.717) is 22.6 Å². The van der Waals surface area contributed by atoms with Crippen LogP contribution in [0.15, 0.2) is 83.7 Å². The minimum Gasteiger partial charge on any atom is -0.480 e. The summed E-state index contributed by atoms with van der Waals surface area (Å²) < 4.78 is 5.27. The number of nitrogens with one attached hydrogen (secondary N) is 1. The Morgan fingerprint density at radius 3 is 2.27 bits per heavy atom. The first-order valence-corrected chi connectivity index (χ1v) is 11.9. The van der Waals surface area contributed by atoms with E-state index in [0.717, 1.165) is 22.3 Å². The lowest BCUT2D eigenvalue weighted by Crippen LogP contribution is -2.44. The number of carboxylic acid groups (broad SMARTS) is 1. The lowest BCUT2D eigenvalue weighted by atomic mass is 10.00. The molecule has 1 aliphatic heterocycles. The molecule has 0 bridgehead atoms. The maximum Gasteiger partial charge on any atom is 0.326 e. The Balaban J connectivity index is 1.29. The quantitative estimate of drug-likeness (QED) is 0.359. The molecule has 0 saturated heterocycles. The predicted molar refractivity (Wildman–Crippen MR) is 138 cm³/mol. The molecule has 8 nitrogen and oxygen atoms in total. The molecule has 0 fully saturated rings. The van der Waals surface area contributed by atoms with Gasteiger partial charge in [0.05, 0.1) is 6.20 Å². The Labute approximate surface area is 213 Å². The number of fused-ring (bicyclic) bond motifs is 1. The van der Waals surface area contributed by atoms with E-state index in [2.05, 4.69) is 10.3 Å². The van der Waals surface area contributed by atoms with Crippen molar-refractivity contribution in [3.05, 3.63) is 96.0 Å². The molecule has 8 heteroatoms. The number of oxazole rings is 1. The summed E-state index contributed by atoms with van der Waals surface area (Å²) >= 11 is 0. The molecule has 2 heterocycles. The summed E-state index contributed by atoms with van der Waals surface area (Å²) in [4.78, 5) is 42.8. The number of carboxylic acids is 1. The first-order valence-electron chi connectivity index (χ1n) is 11.9. The second-order valence-corrected chi connectivity index (χ2v) is 9.31. The van der Waals surface area contributed by atoms with Crippen LogP contribution in [0, 0.1) is 5.92 Å². The highest BCUT2D eigenvalue weighted by Gasteiger charge is 2.38. The zero-order valence-electron chi connectivity index (χ0n) is 20.3. The van der Waals surface area contributed by atoms with Crippen molar-refractivity contribution in [3.63, 3.8) is 0 Å². The minimum atomic E-state index is -1.00. The number of benzene rings is 3. The zero-order valence-corrected chi connectivity index (χ0v) is 20.3. The smallest absolute Gasteiger partial charge is 0.326 e. The fourth-order valence-electron chi connectivity index (χ4n) is 4.60. The molecule has 0 aliphatic carbocycles. The molecule has 5 rings (SSSR count). The topological polar surface area (TPSA) is 113 Å². The molecule has 3 aromatic carbocycles. The van der Waals surface area contributed by atoms with Gasteiger partial charge in [0, 0.05) is 28.9 Å². The highest BCUT2D eigenvalue weighted by atomic mass is 16.4. The molecule has 1 aliphatic rings. The molecule has 0 radical (unpaired) electrons. The highest BCUT2D eigenvalue weighted by Crippen LogP contribution is 2.31. The van der Waals surface area contributed by atoms with Crippen LogP contribution in [0.25, 0.3) is 22.5 Å². The van der Waals surface area contributed by atoms with Crippen LogP contribution in [0.2, 0.25) is 0 Å². The number of rotatable bonds is 7. The van der Waals surface area contributed by atoms with Gasteiger partial charge in [-0.2, -0.15) is 0 Å². The van der Waals surface area contributed by atoms with Gasteiger partial charge >= 0.3 is 5.97 Å². The van der Waals surface area contributed by atoms with Crippen LogP contribution < -0.4 is 5.32 Å². The highest BCUT2D eigenvalue weighted by molar-refractivity contribution is 6.04. The van der Waals surface area contributed by atoms with Crippen molar-refractivity contribution in [2.75, 3.05) is 5.32 Å². The summed E-state index contributed by atoms with van der Waals surface area (Å²) in [5, 5.41) is 12.5. The molecule has 186 valence electrons. The summed E-state index contributed by atoms with van der Waals surface area (Å²) in [6, 6.07) is 19.1. The Bertz CT molecular complexity index is 1460. The van der Waals surface area contributed by atoms with Gasteiger partial charge in [0.1, 0.15) is 6.04 Å². The van der Waals surface area contributed by atoms with E-state index in [1.54, 1.807) is 62.5 Å². The lowest BCUT2D eigenvalue weighted by molar-refractivity contribution is -0.144. The van der Waals surface area contributed by atoms with Gasteiger partial charge < -0.3 is 19.7 Å². The number of anilines is 1. The van der Waals surface area contributed by atoms with Crippen LogP contribution in [-0.4, -0.2) is 38.8 Å². The zero-order chi connectivity index (χ0) is 26.1. The average molecular weight is 496 g/mol. The third-order valence-electron chi connectivity index (χ3n) is 6.50. The number of amides is 2. The third kappa shape index (κ3) is 4.73. The number of hydrogen-bond acceptors (Lipinski definition) is 5. The largest absolute Gasteiger partial charge is 0.480 e. The molecule has 2 N–H and O–H groups in total. The molecular formula is C29H25N3O5. The number of aromatic nitrogens is 1. The van der Waals surface area contributed by atoms with E-state index < -0.39 is 12.0 Å². The van der Waals surface area contributed by atoms with Gasteiger partial charge in [0.25, 0.3) is 11.8 Å². The SMILES string of the molecule is CC(C)C(C(=O)O)N1Cc2ccc(-c3ccc(NC(=O)c4ccc(-c5cnco5)cc4)cc3)cc2C1=O. The maximum atomic E-state index is 13.0. The molecule has 1 unspecified atom stereocenters. The molecular weight excluding hydrogens is 470 g/mol. The van der Waals surface area contributed by atoms with Crippen molar-refractivity contribution in [3.8, 4) is 22.5 Å². The van der Waals surface area contributed by atoms with Crippen LogP contribution in [0.3, 0.4) is 0 Å². The van der Waals surface area contributed by atoms with Gasteiger partial charge in [-0.25, -0.2) is 9.78 Å². The summed E-state index contributed by atoms with van der Waals surface area (Å²) in [7, 11) is 0. The number of carbonyl (C=O) groups excluding carboxylic acids is 2. The van der Waals surface area contributed by atoms with Gasteiger partial charge in [-0.3, -0.25) is 9.59 Å². The lowest BCUT2D eigenvalue weighted by Gasteiger charge is -2.27. The van der Waals surface area contributed by atoms with Crippen LogP contribution in [0.5, 0.6) is 0 Å². The van der Waals surface area contributed by atoms with Crippen molar-refractivity contribution >= 4 is 23.5 Å².